The van der Waals surface area contributed by atoms with Gasteiger partial charge in [-0.2, -0.15) is 0 Å². The van der Waals surface area contributed by atoms with Crippen LogP contribution in [-0.4, -0.2) is 74.2 Å². The van der Waals surface area contributed by atoms with Gasteiger partial charge in [0.1, 0.15) is 0 Å². The average molecular weight is 515 g/mol. The van der Waals surface area contributed by atoms with Crippen molar-refractivity contribution >= 4 is 23.2 Å². The second kappa shape index (κ2) is 12.8. The zero-order valence-electron chi connectivity index (χ0n) is 21.5. The van der Waals surface area contributed by atoms with Gasteiger partial charge in [0.15, 0.2) is 0 Å². The van der Waals surface area contributed by atoms with Gasteiger partial charge >= 0.3 is 0 Å². The molecule has 0 unspecified atom stereocenters. The van der Waals surface area contributed by atoms with E-state index in [2.05, 4.69) is 20.4 Å². The number of hydrogen-bond donors (Lipinski definition) is 2. The lowest BCUT2D eigenvalue weighted by Gasteiger charge is -2.26. The Morgan fingerprint density at radius 2 is 0.895 bits per heavy atom. The van der Waals surface area contributed by atoms with Gasteiger partial charge in [0.05, 0.1) is 26.4 Å². The first-order valence-corrected chi connectivity index (χ1v) is 13.1. The number of hydrogen-bond acceptors (Lipinski definition) is 6. The Labute approximate surface area is 223 Å². The maximum absolute atomic E-state index is 12.7. The minimum Gasteiger partial charge on any atom is -0.379 e. The van der Waals surface area contributed by atoms with Crippen LogP contribution in [0.2, 0.25) is 0 Å². The van der Waals surface area contributed by atoms with E-state index in [1.54, 1.807) is 24.3 Å². The zero-order valence-corrected chi connectivity index (χ0v) is 21.5. The van der Waals surface area contributed by atoms with E-state index in [1.165, 1.54) is 11.1 Å². The average Bonchev–Trinajstić information content (AvgIpc) is 2.96. The van der Waals surface area contributed by atoms with Crippen molar-refractivity contribution in [1.29, 1.82) is 0 Å². The first-order chi connectivity index (χ1) is 18.6. The van der Waals surface area contributed by atoms with Crippen molar-refractivity contribution in [2.45, 2.75) is 13.1 Å². The SMILES string of the molecule is O=C(Nc1ccc(CN2CCOCC2)cc1)c1ccc(C(=O)Nc2ccc(CN3CCOCC3)cc2)cc1. The molecule has 2 amide bonds. The van der Waals surface area contributed by atoms with Crippen LogP contribution < -0.4 is 10.6 Å². The molecule has 3 aromatic carbocycles. The number of carbonyl (C=O) groups is 2. The molecule has 0 radical (unpaired) electrons. The van der Waals surface area contributed by atoms with Crippen molar-refractivity contribution in [3.8, 4) is 0 Å². The summed E-state index contributed by atoms with van der Waals surface area (Å²) in [6.45, 7) is 8.60. The van der Waals surface area contributed by atoms with Crippen LogP contribution in [0.15, 0.2) is 72.8 Å². The van der Waals surface area contributed by atoms with Gasteiger partial charge in [-0.25, -0.2) is 0 Å². The molecule has 5 rings (SSSR count). The molecule has 2 fully saturated rings. The Kier molecular flexibility index (Phi) is 8.78. The summed E-state index contributed by atoms with van der Waals surface area (Å²) in [4.78, 5) is 30.2. The predicted octanol–water partition coefficient (Wildman–Crippen LogP) is 3.86. The molecule has 3 aromatic rings. The zero-order chi connectivity index (χ0) is 26.2. The van der Waals surface area contributed by atoms with E-state index in [0.717, 1.165) is 77.1 Å². The summed E-state index contributed by atoms with van der Waals surface area (Å²) < 4.78 is 10.8. The van der Waals surface area contributed by atoms with Crippen LogP contribution >= 0.6 is 0 Å². The third-order valence-electron chi connectivity index (χ3n) is 6.85. The molecule has 0 saturated carbocycles. The van der Waals surface area contributed by atoms with Crippen molar-refractivity contribution < 1.29 is 19.1 Å². The summed E-state index contributed by atoms with van der Waals surface area (Å²) >= 11 is 0. The number of carbonyl (C=O) groups excluding carboxylic acids is 2. The summed E-state index contributed by atoms with van der Waals surface area (Å²) in [5, 5.41) is 5.86. The van der Waals surface area contributed by atoms with Gasteiger partial charge in [0.2, 0.25) is 0 Å². The fraction of sp³-hybridized carbons (Fsp3) is 0.333. The highest BCUT2D eigenvalue weighted by Gasteiger charge is 2.13. The van der Waals surface area contributed by atoms with Crippen molar-refractivity contribution in [3.05, 3.63) is 95.1 Å². The number of morpholine rings is 2. The van der Waals surface area contributed by atoms with Gasteiger partial charge < -0.3 is 20.1 Å². The third kappa shape index (κ3) is 7.26. The molecule has 2 N–H and O–H groups in total. The van der Waals surface area contributed by atoms with Gasteiger partial charge in [0, 0.05) is 61.8 Å². The molecule has 8 heteroatoms. The molecular weight excluding hydrogens is 480 g/mol. The van der Waals surface area contributed by atoms with Gasteiger partial charge in [-0.15, -0.1) is 0 Å². The molecule has 38 heavy (non-hydrogen) atoms. The van der Waals surface area contributed by atoms with Crippen molar-refractivity contribution in [3.63, 3.8) is 0 Å². The number of rotatable bonds is 8. The number of ether oxygens (including phenoxy) is 2. The fourth-order valence-corrected chi connectivity index (χ4v) is 4.60. The van der Waals surface area contributed by atoms with Crippen molar-refractivity contribution in [2.75, 3.05) is 63.2 Å². The van der Waals surface area contributed by atoms with Crippen molar-refractivity contribution in [1.82, 2.24) is 9.80 Å². The van der Waals surface area contributed by atoms with Crippen LogP contribution in [0.25, 0.3) is 0 Å². The molecule has 8 nitrogen and oxygen atoms in total. The second-order valence-corrected chi connectivity index (χ2v) is 9.66. The highest BCUT2D eigenvalue weighted by molar-refractivity contribution is 6.07. The van der Waals surface area contributed by atoms with E-state index in [0.29, 0.717) is 11.1 Å². The minimum absolute atomic E-state index is 0.214. The van der Waals surface area contributed by atoms with Gasteiger partial charge in [0.25, 0.3) is 11.8 Å². The van der Waals surface area contributed by atoms with E-state index in [1.807, 2.05) is 48.5 Å². The van der Waals surface area contributed by atoms with E-state index in [9.17, 15) is 9.59 Å². The lowest BCUT2D eigenvalue weighted by molar-refractivity contribution is 0.0341. The summed E-state index contributed by atoms with van der Waals surface area (Å²) in [5.41, 5.74) is 4.86. The second-order valence-electron chi connectivity index (χ2n) is 9.66. The maximum Gasteiger partial charge on any atom is 0.255 e. The quantitative estimate of drug-likeness (QED) is 0.475. The van der Waals surface area contributed by atoms with E-state index >= 15 is 0 Å². The van der Waals surface area contributed by atoms with Crippen molar-refractivity contribution in [2.24, 2.45) is 0 Å². The number of nitrogens with one attached hydrogen (secondary N) is 2. The summed E-state index contributed by atoms with van der Waals surface area (Å²) in [6, 6.07) is 22.5. The van der Waals surface area contributed by atoms with Gasteiger partial charge in [-0.1, -0.05) is 24.3 Å². The molecule has 2 aliphatic heterocycles. The molecule has 0 aliphatic carbocycles. The number of amides is 2. The molecule has 2 aliphatic rings. The first-order valence-electron chi connectivity index (χ1n) is 13.1. The summed E-state index contributed by atoms with van der Waals surface area (Å²) in [5.74, 6) is -0.428. The Morgan fingerprint density at radius 1 is 0.553 bits per heavy atom. The normalized spacial score (nSPS) is 16.6. The number of nitrogens with zero attached hydrogens (tertiary/aromatic N) is 2. The topological polar surface area (TPSA) is 83.1 Å². The van der Waals surface area contributed by atoms with Gasteiger partial charge in [-0.05, 0) is 59.7 Å². The molecule has 2 heterocycles. The predicted molar refractivity (Wildman–Crippen MR) is 147 cm³/mol. The molecule has 0 bridgehead atoms. The van der Waals surface area contributed by atoms with E-state index in [-0.39, 0.29) is 11.8 Å². The summed E-state index contributed by atoms with van der Waals surface area (Å²) in [7, 11) is 0. The van der Waals surface area contributed by atoms with Crippen LogP contribution in [0.3, 0.4) is 0 Å². The Balaban J connectivity index is 1.11. The molecule has 2 saturated heterocycles. The molecule has 0 aromatic heterocycles. The van der Waals surface area contributed by atoms with Crippen LogP contribution in [-0.2, 0) is 22.6 Å². The lowest BCUT2D eigenvalue weighted by Crippen LogP contribution is -2.35. The highest BCUT2D eigenvalue weighted by Crippen LogP contribution is 2.16. The fourth-order valence-electron chi connectivity index (χ4n) is 4.60. The third-order valence-corrected chi connectivity index (χ3v) is 6.85. The summed E-state index contributed by atoms with van der Waals surface area (Å²) in [6.07, 6.45) is 0. The van der Waals surface area contributed by atoms with Crippen LogP contribution in [0.1, 0.15) is 31.8 Å². The first kappa shape index (κ1) is 26.1. The largest absolute Gasteiger partial charge is 0.379 e. The molecule has 0 spiro atoms. The molecule has 0 atom stereocenters. The highest BCUT2D eigenvalue weighted by atomic mass is 16.5. The standard InChI is InChI=1S/C30H34N4O4/c35-29(31-27-9-1-23(2-10-27)21-33-13-17-37-18-14-33)25-5-7-26(8-6-25)30(36)32-28-11-3-24(4-12-28)22-34-15-19-38-20-16-34/h1-12H,13-22H2,(H,31,35)(H,32,36). The number of benzene rings is 3. The number of anilines is 2. The van der Waals surface area contributed by atoms with E-state index in [4.69, 9.17) is 9.47 Å². The monoisotopic (exact) mass is 514 g/mol. The van der Waals surface area contributed by atoms with Gasteiger partial charge in [-0.3, -0.25) is 19.4 Å². The molecule has 198 valence electrons. The van der Waals surface area contributed by atoms with Crippen LogP contribution in [0, 0.1) is 0 Å². The lowest BCUT2D eigenvalue weighted by atomic mass is 10.1. The Bertz CT molecular complexity index is 1100. The Hall–Kier alpha value is -3.56. The van der Waals surface area contributed by atoms with Crippen LogP contribution in [0.5, 0.6) is 0 Å². The Morgan fingerprint density at radius 3 is 1.24 bits per heavy atom. The smallest absolute Gasteiger partial charge is 0.255 e. The minimum atomic E-state index is -0.214. The van der Waals surface area contributed by atoms with E-state index < -0.39 is 0 Å². The maximum atomic E-state index is 12.7. The molecular formula is C30H34N4O4. The van der Waals surface area contributed by atoms with Crippen LogP contribution in [0.4, 0.5) is 11.4 Å².